The number of hydrogen-bond donors (Lipinski definition) is 1. The lowest BCUT2D eigenvalue weighted by atomic mass is 10.1. The molecule has 0 unspecified atom stereocenters. The van der Waals surface area contributed by atoms with Gasteiger partial charge in [0, 0.05) is 12.2 Å². The van der Waals surface area contributed by atoms with E-state index in [0.717, 1.165) is 11.1 Å². The third-order valence-electron chi connectivity index (χ3n) is 3.52. The van der Waals surface area contributed by atoms with Crippen LogP contribution in [0.5, 0.6) is 0 Å². The molecule has 1 heterocycles. The van der Waals surface area contributed by atoms with Gasteiger partial charge in [0.05, 0.1) is 17.7 Å². The molecule has 0 bridgehead atoms. The third kappa shape index (κ3) is 3.11. The maximum Gasteiger partial charge on any atom is 0.243 e. The average molecular weight is 308 g/mol. The first-order valence-corrected chi connectivity index (χ1v) is 8.19. The number of aryl methyl sites for hydroxylation is 1. The molecule has 0 saturated carbocycles. The lowest BCUT2D eigenvalue weighted by Gasteiger charge is -2.21. The molecule has 0 atom stereocenters. The van der Waals surface area contributed by atoms with E-state index in [4.69, 9.17) is 10.2 Å². The maximum absolute atomic E-state index is 12.8. The summed E-state index contributed by atoms with van der Waals surface area (Å²) in [6.07, 6.45) is 1.53. The van der Waals surface area contributed by atoms with Crippen LogP contribution in [-0.4, -0.2) is 19.3 Å². The summed E-state index contributed by atoms with van der Waals surface area (Å²) in [4.78, 5) is 0.258. The molecule has 2 rings (SSSR count). The van der Waals surface area contributed by atoms with Crippen molar-refractivity contribution in [3.05, 3.63) is 47.4 Å². The van der Waals surface area contributed by atoms with E-state index in [9.17, 15) is 8.42 Å². The highest BCUT2D eigenvalue weighted by molar-refractivity contribution is 7.89. The summed E-state index contributed by atoms with van der Waals surface area (Å²) < 4.78 is 32.3. The fourth-order valence-electron chi connectivity index (χ4n) is 2.20. The normalized spacial score (nSPS) is 12.0. The SMILES string of the molecule is CCN(Cc1ccco1)S(=O)(=O)c1cc(N)cc(C)c1C. The van der Waals surface area contributed by atoms with Crippen molar-refractivity contribution in [2.45, 2.75) is 32.2 Å². The van der Waals surface area contributed by atoms with E-state index in [1.54, 1.807) is 32.0 Å². The van der Waals surface area contributed by atoms with Crippen molar-refractivity contribution in [3.63, 3.8) is 0 Å². The highest BCUT2D eigenvalue weighted by Gasteiger charge is 2.26. The standard InChI is InChI=1S/C15H20N2O3S/c1-4-17(10-14-6-5-7-20-14)21(18,19)15-9-13(16)8-11(2)12(15)3/h5-9H,4,10,16H2,1-3H3. The Morgan fingerprint density at radius 2 is 2.00 bits per heavy atom. The molecule has 0 aliphatic carbocycles. The number of furan rings is 1. The van der Waals surface area contributed by atoms with Crippen LogP contribution >= 0.6 is 0 Å². The molecule has 0 aliphatic rings. The van der Waals surface area contributed by atoms with Crippen molar-refractivity contribution in [2.75, 3.05) is 12.3 Å². The summed E-state index contributed by atoms with van der Waals surface area (Å²) in [7, 11) is -3.61. The van der Waals surface area contributed by atoms with Gasteiger partial charge in [0.25, 0.3) is 0 Å². The zero-order valence-corrected chi connectivity index (χ0v) is 13.3. The smallest absolute Gasteiger partial charge is 0.243 e. The van der Waals surface area contributed by atoms with E-state index < -0.39 is 10.0 Å². The Morgan fingerprint density at radius 3 is 2.57 bits per heavy atom. The molecule has 1 aromatic carbocycles. The second-order valence-electron chi connectivity index (χ2n) is 4.97. The van der Waals surface area contributed by atoms with Crippen LogP contribution in [0.4, 0.5) is 5.69 Å². The molecule has 0 spiro atoms. The molecule has 2 aromatic rings. The molecule has 2 N–H and O–H groups in total. The summed E-state index contributed by atoms with van der Waals surface area (Å²) in [6, 6.07) is 6.79. The Morgan fingerprint density at radius 1 is 1.29 bits per heavy atom. The van der Waals surface area contributed by atoms with Gasteiger partial charge in [-0.15, -0.1) is 0 Å². The topological polar surface area (TPSA) is 76.5 Å². The second kappa shape index (κ2) is 5.91. The fraction of sp³-hybridized carbons (Fsp3) is 0.333. The van der Waals surface area contributed by atoms with Gasteiger partial charge in [0.2, 0.25) is 10.0 Å². The predicted molar refractivity (Wildman–Crippen MR) is 82.3 cm³/mol. The van der Waals surface area contributed by atoms with Crippen molar-refractivity contribution < 1.29 is 12.8 Å². The molecule has 0 amide bonds. The van der Waals surface area contributed by atoms with Crippen LogP contribution in [0.3, 0.4) is 0 Å². The molecule has 21 heavy (non-hydrogen) atoms. The minimum atomic E-state index is -3.61. The maximum atomic E-state index is 12.8. The quantitative estimate of drug-likeness (QED) is 0.862. The van der Waals surface area contributed by atoms with E-state index in [-0.39, 0.29) is 11.4 Å². The zero-order valence-electron chi connectivity index (χ0n) is 12.5. The van der Waals surface area contributed by atoms with Gasteiger partial charge in [0.1, 0.15) is 5.76 Å². The number of rotatable bonds is 5. The molecule has 1 aromatic heterocycles. The fourth-order valence-corrected chi connectivity index (χ4v) is 3.95. The summed E-state index contributed by atoms with van der Waals surface area (Å²) >= 11 is 0. The number of anilines is 1. The van der Waals surface area contributed by atoms with Gasteiger partial charge in [-0.2, -0.15) is 4.31 Å². The van der Waals surface area contributed by atoms with Gasteiger partial charge in [-0.3, -0.25) is 0 Å². The lowest BCUT2D eigenvalue weighted by Crippen LogP contribution is -2.31. The molecule has 0 radical (unpaired) electrons. The van der Waals surface area contributed by atoms with Crippen LogP contribution in [0.25, 0.3) is 0 Å². The van der Waals surface area contributed by atoms with Crippen LogP contribution < -0.4 is 5.73 Å². The Bertz CT molecular complexity index is 722. The van der Waals surface area contributed by atoms with E-state index in [1.807, 2.05) is 6.92 Å². The Labute approximate surface area is 125 Å². The van der Waals surface area contributed by atoms with E-state index >= 15 is 0 Å². The van der Waals surface area contributed by atoms with Gasteiger partial charge in [-0.05, 0) is 49.2 Å². The van der Waals surface area contributed by atoms with Gasteiger partial charge >= 0.3 is 0 Å². The van der Waals surface area contributed by atoms with Crippen LogP contribution in [-0.2, 0) is 16.6 Å². The van der Waals surface area contributed by atoms with Crippen molar-refractivity contribution in [1.29, 1.82) is 0 Å². The monoisotopic (exact) mass is 308 g/mol. The van der Waals surface area contributed by atoms with Crippen LogP contribution in [0, 0.1) is 13.8 Å². The minimum Gasteiger partial charge on any atom is -0.468 e. The van der Waals surface area contributed by atoms with Crippen molar-refractivity contribution >= 4 is 15.7 Å². The third-order valence-corrected chi connectivity index (χ3v) is 5.57. The Hall–Kier alpha value is -1.79. The number of nitrogens with two attached hydrogens (primary N) is 1. The number of nitrogens with zero attached hydrogens (tertiary/aromatic N) is 1. The highest BCUT2D eigenvalue weighted by atomic mass is 32.2. The van der Waals surface area contributed by atoms with Gasteiger partial charge in [-0.25, -0.2) is 8.42 Å². The van der Waals surface area contributed by atoms with Gasteiger partial charge < -0.3 is 10.2 Å². The van der Waals surface area contributed by atoms with Crippen molar-refractivity contribution in [1.82, 2.24) is 4.31 Å². The summed E-state index contributed by atoms with van der Waals surface area (Å²) in [5, 5.41) is 0. The first kappa shape index (κ1) is 15.6. The van der Waals surface area contributed by atoms with Crippen molar-refractivity contribution in [3.8, 4) is 0 Å². The zero-order chi connectivity index (χ0) is 15.6. The first-order chi connectivity index (χ1) is 9.86. The first-order valence-electron chi connectivity index (χ1n) is 6.75. The number of nitrogen functional groups attached to an aromatic ring is 1. The molecule has 5 nitrogen and oxygen atoms in total. The number of hydrogen-bond acceptors (Lipinski definition) is 4. The summed E-state index contributed by atoms with van der Waals surface area (Å²) in [6.45, 7) is 6.01. The predicted octanol–water partition coefficient (Wildman–Crippen LogP) is 2.69. The van der Waals surface area contributed by atoms with E-state index in [1.165, 1.54) is 16.6 Å². The highest BCUT2D eigenvalue weighted by Crippen LogP contribution is 2.26. The number of sulfonamides is 1. The minimum absolute atomic E-state index is 0.207. The largest absolute Gasteiger partial charge is 0.468 e. The number of benzene rings is 1. The van der Waals surface area contributed by atoms with E-state index in [2.05, 4.69) is 0 Å². The van der Waals surface area contributed by atoms with Gasteiger partial charge in [-0.1, -0.05) is 6.92 Å². The molecular weight excluding hydrogens is 288 g/mol. The molecule has 0 saturated heterocycles. The second-order valence-corrected chi connectivity index (χ2v) is 6.88. The molecular formula is C15H20N2O3S. The van der Waals surface area contributed by atoms with E-state index in [0.29, 0.717) is 18.0 Å². The lowest BCUT2D eigenvalue weighted by molar-refractivity contribution is 0.375. The molecule has 0 aliphatic heterocycles. The molecule has 0 fully saturated rings. The average Bonchev–Trinajstić information content (AvgIpc) is 2.92. The summed E-state index contributed by atoms with van der Waals surface area (Å²) in [5.74, 6) is 0.610. The van der Waals surface area contributed by atoms with Crippen LogP contribution in [0.1, 0.15) is 23.8 Å². The Balaban J connectivity index is 2.44. The molecule has 6 heteroatoms. The summed E-state index contributed by atoms with van der Waals surface area (Å²) in [5.41, 5.74) is 7.84. The Kier molecular flexibility index (Phi) is 4.39. The van der Waals surface area contributed by atoms with Crippen molar-refractivity contribution in [2.24, 2.45) is 0 Å². The van der Waals surface area contributed by atoms with Crippen LogP contribution in [0.15, 0.2) is 39.8 Å². The van der Waals surface area contributed by atoms with Crippen LogP contribution in [0.2, 0.25) is 0 Å². The van der Waals surface area contributed by atoms with Gasteiger partial charge in [0.15, 0.2) is 0 Å². The molecule has 114 valence electrons.